The van der Waals surface area contributed by atoms with E-state index in [0.29, 0.717) is 26.4 Å². The van der Waals surface area contributed by atoms with Gasteiger partial charge in [0, 0.05) is 6.61 Å². The summed E-state index contributed by atoms with van der Waals surface area (Å²) in [5, 5.41) is 8.42. The minimum absolute atomic E-state index is 0.0212. The highest BCUT2D eigenvalue weighted by molar-refractivity contribution is 4.44. The highest BCUT2D eigenvalue weighted by Crippen LogP contribution is 1.85. The lowest BCUT2D eigenvalue weighted by atomic mass is 10.6. The molecule has 1 atom stereocenters. The van der Waals surface area contributed by atoms with E-state index in [9.17, 15) is 0 Å². The first kappa shape index (κ1) is 12.8. The van der Waals surface area contributed by atoms with E-state index in [1.807, 2.05) is 6.92 Å². The largest absolute Gasteiger partial charge is 0.394 e. The van der Waals surface area contributed by atoms with Gasteiger partial charge in [0.2, 0.25) is 0 Å². The number of aliphatic hydroxyl groups excluding tert-OH is 1. The van der Waals surface area contributed by atoms with E-state index in [1.165, 1.54) is 0 Å². The first-order valence-electron chi connectivity index (χ1n) is 4.44. The van der Waals surface area contributed by atoms with E-state index in [1.54, 1.807) is 0 Å². The zero-order chi connectivity index (χ0) is 9.94. The minimum Gasteiger partial charge on any atom is -0.394 e. The maximum Gasteiger partial charge on any atom is 0.129 e. The van der Waals surface area contributed by atoms with Crippen LogP contribution in [0, 0.1) is 0 Å². The summed E-state index contributed by atoms with van der Waals surface area (Å²) >= 11 is 0. The van der Waals surface area contributed by atoms with Crippen molar-refractivity contribution in [3.8, 4) is 0 Å². The van der Waals surface area contributed by atoms with Crippen LogP contribution in [0.3, 0.4) is 0 Å². The fraction of sp³-hybridized carbons (Fsp3) is 1.00. The molecule has 0 bridgehead atoms. The summed E-state index contributed by atoms with van der Waals surface area (Å²) in [6.45, 7) is 4.26. The van der Waals surface area contributed by atoms with E-state index in [0.717, 1.165) is 0 Å². The molecule has 0 aromatic heterocycles. The lowest BCUT2D eigenvalue weighted by Gasteiger charge is -2.12. The number of aliphatic hydroxyl groups is 1. The van der Waals surface area contributed by atoms with Crippen LogP contribution in [-0.2, 0) is 14.2 Å². The van der Waals surface area contributed by atoms with Crippen molar-refractivity contribution in [1.82, 2.24) is 0 Å². The van der Waals surface area contributed by atoms with Crippen molar-refractivity contribution < 1.29 is 19.3 Å². The Morgan fingerprint density at radius 1 is 1.23 bits per heavy atom. The van der Waals surface area contributed by atoms with Gasteiger partial charge in [-0.05, 0) is 6.92 Å². The molecule has 1 unspecified atom stereocenters. The summed E-state index contributed by atoms with van der Waals surface area (Å²) in [5.74, 6) is 0. The van der Waals surface area contributed by atoms with Crippen LogP contribution < -0.4 is 5.73 Å². The molecule has 5 heteroatoms. The fourth-order valence-corrected chi connectivity index (χ4v) is 0.714. The molecule has 0 amide bonds. The Morgan fingerprint density at radius 2 is 1.92 bits per heavy atom. The number of ether oxygens (including phenoxy) is 3. The van der Waals surface area contributed by atoms with Gasteiger partial charge in [-0.15, -0.1) is 0 Å². The molecule has 13 heavy (non-hydrogen) atoms. The average molecular weight is 193 g/mol. The van der Waals surface area contributed by atoms with Crippen LogP contribution in [0.15, 0.2) is 0 Å². The van der Waals surface area contributed by atoms with Crippen LogP contribution in [0.4, 0.5) is 0 Å². The number of nitrogens with two attached hydrogens (primary N) is 1. The van der Waals surface area contributed by atoms with Gasteiger partial charge in [0.25, 0.3) is 0 Å². The van der Waals surface area contributed by atoms with Crippen LogP contribution in [0.5, 0.6) is 0 Å². The minimum atomic E-state index is -0.464. The molecule has 5 nitrogen and oxygen atoms in total. The normalized spacial score (nSPS) is 13.2. The summed E-state index contributed by atoms with van der Waals surface area (Å²) in [6.07, 6.45) is -0.464. The Balaban J connectivity index is 3.03. The van der Waals surface area contributed by atoms with E-state index in [-0.39, 0.29) is 13.2 Å². The molecule has 0 aromatic rings. The molecular formula is C8H19NO4. The second-order valence-electron chi connectivity index (χ2n) is 2.40. The zero-order valence-electron chi connectivity index (χ0n) is 8.07. The molecule has 0 aliphatic rings. The monoisotopic (exact) mass is 193 g/mol. The predicted octanol–water partition coefficient (Wildman–Crippen LogP) is -0.667. The van der Waals surface area contributed by atoms with Gasteiger partial charge in [-0.1, -0.05) is 0 Å². The Kier molecular flexibility index (Phi) is 9.73. The van der Waals surface area contributed by atoms with Crippen LogP contribution in [-0.4, -0.2) is 51.0 Å². The number of hydrogen-bond acceptors (Lipinski definition) is 5. The summed E-state index contributed by atoms with van der Waals surface area (Å²) in [7, 11) is 0. The van der Waals surface area contributed by atoms with Crippen molar-refractivity contribution in [1.29, 1.82) is 0 Å². The van der Waals surface area contributed by atoms with Crippen molar-refractivity contribution in [2.45, 2.75) is 13.2 Å². The van der Waals surface area contributed by atoms with Crippen molar-refractivity contribution in [2.24, 2.45) is 5.73 Å². The van der Waals surface area contributed by atoms with Crippen molar-refractivity contribution >= 4 is 0 Å². The van der Waals surface area contributed by atoms with Gasteiger partial charge in [0.15, 0.2) is 0 Å². The molecular weight excluding hydrogens is 174 g/mol. The van der Waals surface area contributed by atoms with E-state index in [4.69, 9.17) is 25.1 Å². The van der Waals surface area contributed by atoms with Gasteiger partial charge in [0.1, 0.15) is 6.23 Å². The predicted molar refractivity (Wildman–Crippen MR) is 48.3 cm³/mol. The number of hydrogen-bond donors (Lipinski definition) is 2. The van der Waals surface area contributed by atoms with E-state index < -0.39 is 6.23 Å². The van der Waals surface area contributed by atoms with E-state index >= 15 is 0 Å². The summed E-state index contributed by atoms with van der Waals surface area (Å²) in [4.78, 5) is 0. The van der Waals surface area contributed by atoms with Gasteiger partial charge in [0.05, 0.1) is 33.0 Å². The average Bonchev–Trinajstić information content (AvgIpc) is 2.14. The summed E-state index contributed by atoms with van der Waals surface area (Å²) in [6, 6.07) is 0. The first-order chi connectivity index (χ1) is 6.31. The van der Waals surface area contributed by atoms with Crippen LogP contribution in [0.1, 0.15) is 6.92 Å². The Hall–Kier alpha value is -0.200. The molecule has 0 saturated carbocycles. The maximum atomic E-state index is 8.42. The third-order valence-corrected chi connectivity index (χ3v) is 1.28. The van der Waals surface area contributed by atoms with Gasteiger partial charge >= 0.3 is 0 Å². The smallest absolute Gasteiger partial charge is 0.129 e. The highest BCUT2D eigenvalue weighted by atomic mass is 16.6. The Labute approximate surface area is 78.8 Å². The molecule has 0 aliphatic heterocycles. The van der Waals surface area contributed by atoms with Crippen LogP contribution in [0.25, 0.3) is 0 Å². The molecule has 0 heterocycles. The second-order valence-corrected chi connectivity index (χ2v) is 2.40. The maximum absolute atomic E-state index is 8.42. The van der Waals surface area contributed by atoms with Gasteiger partial charge in [-0.3, -0.25) is 0 Å². The molecule has 0 aromatic carbocycles. The SMILES string of the molecule is CCOCCOCC(N)OCCO. The number of rotatable bonds is 9. The van der Waals surface area contributed by atoms with Crippen LogP contribution >= 0.6 is 0 Å². The van der Waals surface area contributed by atoms with Gasteiger partial charge in [-0.25, -0.2) is 0 Å². The molecule has 0 radical (unpaired) electrons. The Bertz CT molecular complexity index is 102. The lowest BCUT2D eigenvalue weighted by Crippen LogP contribution is -2.31. The van der Waals surface area contributed by atoms with Gasteiger partial charge in [-0.2, -0.15) is 0 Å². The summed E-state index contributed by atoms with van der Waals surface area (Å²) in [5.41, 5.74) is 5.48. The quantitative estimate of drug-likeness (QED) is 0.375. The molecule has 0 spiro atoms. The molecule has 0 fully saturated rings. The summed E-state index contributed by atoms with van der Waals surface area (Å²) < 4.78 is 15.1. The first-order valence-corrected chi connectivity index (χ1v) is 4.44. The highest BCUT2D eigenvalue weighted by Gasteiger charge is 2.00. The topological polar surface area (TPSA) is 73.9 Å². The fourth-order valence-electron chi connectivity index (χ4n) is 0.714. The molecule has 0 rings (SSSR count). The second kappa shape index (κ2) is 9.88. The standard InChI is InChI=1S/C8H19NO4/c1-2-11-5-6-12-7-8(9)13-4-3-10/h8,10H,2-7,9H2,1H3. The van der Waals surface area contributed by atoms with Crippen molar-refractivity contribution in [3.63, 3.8) is 0 Å². The molecule has 80 valence electrons. The molecule has 0 aliphatic carbocycles. The van der Waals surface area contributed by atoms with E-state index in [2.05, 4.69) is 0 Å². The zero-order valence-corrected chi connectivity index (χ0v) is 8.07. The lowest BCUT2D eigenvalue weighted by molar-refractivity contribution is -0.0358. The van der Waals surface area contributed by atoms with Gasteiger partial charge < -0.3 is 25.1 Å². The third kappa shape index (κ3) is 9.72. The van der Waals surface area contributed by atoms with Crippen LogP contribution in [0.2, 0.25) is 0 Å². The molecule has 0 saturated heterocycles. The van der Waals surface area contributed by atoms with Crippen molar-refractivity contribution in [2.75, 3.05) is 39.6 Å². The van der Waals surface area contributed by atoms with Crippen molar-refractivity contribution in [3.05, 3.63) is 0 Å². The third-order valence-electron chi connectivity index (χ3n) is 1.28. The Morgan fingerprint density at radius 3 is 2.54 bits per heavy atom. The molecule has 3 N–H and O–H groups in total.